The van der Waals surface area contributed by atoms with E-state index in [0.29, 0.717) is 6.04 Å². The van der Waals surface area contributed by atoms with E-state index >= 15 is 0 Å². The summed E-state index contributed by atoms with van der Waals surface area (Å²) in [6.45, 7) is 1.07. The van der Waals surface area contributed by atoms with Gasteiger partial charge in [-0.1, -0.05) is 30.3 Å². The molecule has 0 radical (unpaired) electrons. The monoisotopic (exact) mass is 244 g/mol. The van der Waals surface area contributed by atoms with E-state index in [-0.39, 0.29) is 0 Å². The summed E-state index contributed by atoms with van der Waals surface area (Å²) < 4.78 is 0. The summed E-state index contributed by atoms with van der Waals surface area (Å²) >= 11 is 1.76. The number of fused-ring (bicyclic) bond motifs is 1. The zero-order valence-electron chi connectivity index (χ0n) is 9.89. The second-order valence-electron chi connectivity index (χ2n) is 4.58. The van der Waals surface area contributed by atoms with Crippen LogP contribution in [0, 0.1) is 0 Å². The Morgan fingerprint density at radius 2 is 2.12 bits per heavy atom. The van der Waals surface area contributed by atoms with Gasteiger partial charge in [0.2, 0.25) is 0 Å². The Balaban J connectivity index is 1.76. The van der Waals surface area contributed by atoms with Crippen molar-refractivity contribution in [2.45, 2.75) is 12.5 Å². The van der Waals surface area contributed by atoms with E-state index in [4.69, 9.17) is 0 Å². The van der Waals surface area contributed by atoms with Crippen LogP contribution in [0.25, 0.3) is 0 Å². The molecule has 1 aliphatic rings. The maximum atomic E-state index is 3.62. The molecule has 0 amide bonds. The van der Waals surface area contributed by atoms with Crippen LogP contribution in [0.15, 0.2) is 41.1 Å². The number of rotatable bonds is 2. The van der Waals surface area contributed by atoms with Gasteiger partial charge in [0.15, 0.2) is 0 Å². The lowest BCUT2D eigenvalue weighted by Crippen LogP contribution is -2.40. The highest BCUT2D eigenvalue weighted by Crippen LogP contribution is 2.33. The normalized spacial score (nSPS) is 18.6. The number of nitrogens with zero attached hydrogens (tertiary/aromatic N) is 1. The van der Waals surface area contributed by atoms with Crippen LogP contribution in [0.5, 0.6) is 0 Å². The molecule has 3 heteroatoms. The highest BCUT2D eigenvalue weighted by molar-refractivity contribution is 7.09. The molecule has 1 N–H and O–H groups in total. The summed E-state index contributed by atoms with van der Waals surface area (Å²) in [5.41, 5.74) is 4.01. The molecule has 0 saturated carbocycles. The van der Waals surface area contributed by atoms with Crippen LogP contribution in [0.4, 0.5) is 11.4 Å². The fraction of sp³-hybridized carbons (Fsp3) is 0.286. The van der Waals surface area contributed by atoms with Crippen molar-refractivity contribution < 1.29 is 0 Å². The molecule has 1 atom stereocenters. The SMILES string of the molecule is CN1CC(Cc2ccccc2)Nc2cscc21. The third kappa shape index (κ3) is 2.15. The third-order valence-electron chi connectivity index (χ3n) is 3.23. The van der Waals surface area contributed by atoms with Crippen molar-refractivity contribution in [1.29, 1.82) is 0 Å². The molecule has 0 aliphatic carbocycles. The van der Waals surface area contributed by atoms with Crippen LogP contribution < -0.4 is 10.2 Å². The lowest BCUT2D eigenvalue weighted by atomic mass is 10.0. The molecule has 1 aromatic heterocycles. The number of nitrogens with one attached hydrogen (secondary N) is 1. The molecule has 88 valence electrons. The van der Waals surface area contributed by atoms with E-state index in [1.54, 1.807) is 11.3 Å². The standard InChI is InChI=1S/C14H16N2S/c1-16-8-12(7-11-5-3-2-4-6-11)15-13-9-17-10-14(13)16/h2-6,9-10,12,15H,7-8H2,1H3. The lowest BCUT2D eigenvalue weighted by molar-refractivity contribution is 0.680. The molecular weight excluding hydrogens is 228 g/mol. The fourth-order valence-corrected chi connectivity index (χ4v) is 3.23. The van der Waals surface area contributed by atoms with Gasteiger partial charge in [-0.2, -0.15) is 0 Å². The molecule has 0 fully saturated rings. The Hall–Kier alpha value is -1.48. The quantitative estimate of drug-likeness (QED) is 0.872. The van der Waals surface area contributed by atoms with E-state index in [1.807, 2.05) is 0 Å². The van der Waals surface area contributed by atoms with E-state index < -0.39 is 0 Å². The Bertz CT molecular complexity index is 492. The number of anilines is 2. The van der Waals surface area contributed by atoms with Gasteiger partial charge in [0.25, 0.3) is 0 Å². The van der Waals surface area contributed by atoms with Crippen molar-refractivity contribution in [3.8, 4) is 0 Å². The van der Waals surface area contributed by atoms with Crippen LogP contribution in [0.1, 0.15) is 5.56 Å². The number of thiophene rings is 1. The average molecular weight is 244 g/mol. The maximum Gasteiger partial charge on any atom is 0.0709 e. The molecule has 1 aromatic carbocycles. The van der Waals surface area contributed by atoms with E-state index in [0.717, 1.165) is 13.0 Å². The third-order valence-corrected chi connectivity index (χ3v) is 3.96. The van der Waals surface area contributed by atoms with Crippen molar-refractivity contribution >= 4 is 22.7 Å². The molecule has 0 spiro atoms. The smallest absolute Gasteiger partial charge is 0.0709 e. The Kier molecular flexibility index (Phi) is 2.77. The Labute approximate surface area is 106 Å². The van der Waals surface area contributed by atoms with Crippen molar-refractivity contribution in [3.05, 3.63) is 46.7 Å². The molecule has 1 unspecified atom stereocenters. The van der Waals surface area contributed by atoms with E-state index in [1.165, 1.54) is 16.9 Å². The molecule has 2 nitrogen and oxygen atoms in total. The highest BCUT2D eigenvalue weighted by atomic mass is 32.1. The lowest BCUT2D eigenvalue weighted by Gasteiger charge is -2.33. The van der Waals surface area contributed by atoms with Crippen molar-refractivity contribution in [2.24, 2.45) is 0 Å². The molecule has 17 heavy (non-hydrogen) atoms. The van der Waals surface area contributed by atoms with E-state index in [2.05, 4.69) is 58.4 Å². The highest BCUT2D eigenvalue weighted by Gasteiger charge is 2.21. The Morgan fingerprint density at radius 3 is 2.94 bits per heavy atom. The summed E-state index contributed by atoms with van der Waals surface area (Å²) in [7, 11) is 2.17. The minimum atomic E-state index is 0.504. The van der Waals surface area contributed by atoms with Gasteiger partial charge in [-0.05, 0) is 12.0 Å². The van der Waals surface area contributed by atoms with Gasteiger partial charge in [0.1, 0.15) is 0 Å². The predicted octanol–water partition coefficient (Wildman–Crippen LogP) is 3.22. The second-order valence-corrected chi connectivity index (χ2v) is 5.33. The number of hydrogen-bond acceptors (Lipinski definition) is 3. The molecule has 2 heterocycles. The summed E-state index contributed by atoms with van der Waals surface area (Å²) in [5.74, 6) is 0. The van der Waals surface area contributed by atoms with Crippen LogP contribution in [0.3, 0.4) is 0 Å². The second kappa shape index (κ2) is 4.41. The van der Waals surface area contributed by atoms with Crippen LogP contribution in [0.2, 0.25) is 0 Å². The van der Waals surface area contributed by atoms with Gasteiger partial charge >= 0.3 is 0 Å². The summed E-state index contributed by atoms with van der Waals surface area (Å²) in [4.78, 5) is 2.34. The van der Waals surface area contributed by atoms with Crippen LogP contribution in [-0.4, -0.2) is 19.6 Å². The predicted molar refractivity (Wildman–Crippen MR) is 75.1 cm³/mol. The van der Waals surface area contributed by atoms with Gasteiger partial charge in [-0.3, -0.25) is 0 Å². The fourth-order valence-electron chi connectivity index (χ4n) is 2.40. The van der Waals surface area contributed by atoms with Crippen molar-refractivity contribution in [2.75, 3.05) is 23.8 Å². The first-order valence-corrected chi connectivity index (χ1v) is 6.85. The van der Waals surface area contributed by atoms with Gasteiger partial charge in [0, 0.05) is 30.4 Å². The Morgan fingerprint density at radius 1 is 1.29 bits per heavy atom. The van der Waals surface area contributed by atoms with Gasteiger partial charge in [0.05, 0.1) is 11.4 Å². The van der Waals surface area contributed by atoms with Gasteiger partial charge < -0.3 is 10.2 Å². The first-order valence-electron chi connectivity index (χ1n) is 5.91. The molecule has 0 saturated heterocycles. The van der Waals surface area contributed by atoms with Crippen LogP contribution in [-0.2, 0) is 6.42 Å². The summed E-state index contributed by atoms with van der Waals surface area (Å²) in [6.07, 6.45) is 1.08. The molecule has 2 aromatic rings. The van der Waals surface area contributed by atoms with Gasteiger partial charge in [-0.15, -0.1) is 11.3 Å². The topological polar surface area (TPSA) is 15.3 Å². The first-order chi connectivity index (χ1) is 8.33. The maximum absolute atomic E-state index is 3.62. The minimum Gasteiger partial charge on any atom is -0.378 e. The summed E-state index contributed by atoms with van der Waals surface area (Å²) in [5, 5.41) is 8.03. The molecule has 1 aliphatic heterocycles. The van der Waals surface area contributed by atoms with E-state index in [9.17, 15) is 0 Å². The van der Waals surface area contributed by atoms with Crippen molar-refractivity contribution in [1.82, 2.24) is 0 Å². The van der Waals surface area contributed by atoms with Crippen molar-refractivity contribution in [3.63, 3.8) is 0 Å². The van der Waals surface area contributed by atoms with Gasteiger partial charge in [-0.25, -0.2) is 0 Å². The van der Waals surface area contributed by atoms with Crippen LogP contribution >= 0.6 is 11.3 Å². The average Bonchev–Trinajstić information content (AvgIpc) is 2.79. The largest absolute Gasteiger partial charge is 0.378 e. The minimum absolute atomic E-state index is 0.504. The summed E-state index contributed by atoms with van der Waals surface area (Å²) in [6, 6.07) is 11.2. The zero-order valence-corrected chi connectivity index (χ0v) is 10.7. The molecule has 0 bridgehead atoms. The molecular formula is C14H16N2S. The molecule has 3 rings (SSSR count). The number of benzene rings is 1. The number of hydrogen-bond donors (Lipinski definition) is 1. The number of likely N-dealkylation sites (N-methyl/N-ethyl adjacent to an activating group) is 1. The zero-order chi connectivity index (χ0) is 11.7. The first kappa shape index (κ1) is 10.7.